The number of benzene rings is 2. The zero-order valence-corrected chi connectivity index (χ0v) is 19.6. The number of nitrogens with zero attached hydrogens (tertiary/aromatic N) is 1. The van der Waals surface area contributed by atoms with Crippen molar-refractivity contribution in [3.05, 3.63) is 59.2 Å². The first-order chi connectivity index (χ1) is 15.3. The average molecular weight is 438 g/mol. The van der Waals surface area contributed by atoms with E-state index in [0.29, 0.717) is 17.8 Å². The van der Waals surface area contributed by atoms with Crippen LogP contribution in [0.5, 0.6) is 11.5 Å². The lowest BCUT2D eigenvalue weighted by atomic mass is 9.98. The zero-order valence-electron chi connectivity index (χ0n) is 19.6. The van der Waals surface area contributed by atoms with E-state index < -0.39 is 5.92 Å². The number of aryl methyl sites for hydroxylation is 1. The van der Waals surface area contributed by atoms with Crippen LogP contribution in [0.15, 0.2) is 42.5 Å². The number of esters is 1. The second kappa shape index (κ2) is 9.53. The normalized spacial score (nSPS) is 23.8. The van der Waals surface area contributed by atoms with Crippen LogP contribution in [0.2, 0.25) is 0 Å². The third-order valence-electron chi connectivity index (χ3n) is 7.18. The molecule has 2 heterocycles. The molecule has 0 amide bonds. The van der Waals surface area contributed by atoms with Crippen molar-refractivity contribution in [3.63, 3.8) is 0 Å². The molecule has 172 valence electrons. The third kappa shape index (κ3) is 4.78. The predicted molar refractivity (Wildman–Crippen MR) is 125 cm³/mol. The SMILES string of the molecule is Cc1cc(O)c(C(C)C)cc1OCC(C(=O)OC1C[C@H]2CC[C@@H](C1)N2C)c1ccccc1. The number of phenols is 1. The van der Waals surface area contributed by atoms with E-state index in [1.165, 1.54) is 12.8 Å². The smallest absolute Gasteiger partial charge is 0.317 e. The Morgan fingerprint density at radius 2 is 1.78 bits per heavy atom. The van der Waals surface area contributed by atoms with E-state index in [0.717, 1.165) is 29.5 Å². The minimum atomic E-state index is -0.496. The second-order valence-corrected chi connectivity index (χ2v) is 9.69. The van der Waals surface area contributed by atoms with Gasteiger partial charge in [-0.2, -0.15) is 0 Å². The first-order valence-corrected chi connectivity index (χ1v) is 11.8. The van der Waals surface area contributed by atoms with E-state index in [2.05, 4.69) is 11.9 Å². The first-order valence-electron chi connectivity index (χ1n) is 11.8. The highest BCUT2D eigenvalue weighted by Gasteiger charge is 2.40. The van der Waals surface area contributed by atoms with Crippen LogP contribution in [0.3, 0.4) is 0 Å². The lowest BCUT2D eigenvalue weighted by Gasteiger charge is -2.36. The molecule has 2 saturated heterocycles. The van der Waals surface area contributed by atoms with Crippen LogP contribution in [-0.4, -0.2) is 47.8 Å². The van der Waals surface area contributed by atoms with E-state index in [4.69, 9.17) is 9.47 Å². The summed E-state index contributed by atoms with van der Waals surface area (Å²) < 4.78 is 12.2. The van der Waals surface area contributed by atoms with Gasteiger partial charge in [-0.1, -0.05) is 44.2 Å². The first kappa shape index (κ1) is 22.7. The maximum absolute atomic E-state index is 13.3. The number of carbonyl (C=O) groups excluding carboxylic acids is 1. The molecule has 2 aromatic carbocycles. The van der Waals surface area contributed by atoms with Gasteiger partial charge in [0.15, 0.2) is 0 Å². The summed E-state index contributed by atoms with van der Waals surface area (Å²) in [5.41, 5.74) is 2.58. The van der Waals surface area contributed by atoms with Crippen LogP contribution in [0.1, 0.15) is 68.1 Å². The Kier molecular flexibility index (Phi) is 6.75. The van der Waals surface area contributed by atoms with Gasteiger partial charge in [-0.05, 0) is 68.8 Å². The van der Waals surface area contributed by atoms with E-state index in [-0.39, 0.29) is 30.3 Å². The predicted octanol–water partition coefficient (Wildman–Crippen LogP) is 5.16. The highest BCUT2D eigenvalue weighted by molar-refractivity contribution is 5.78. The van der Waals surface area contributed by atoms with Crippen molar-refractivity contribution in [1.82, 2.24) is 4.90 Å². The number of carbonyl (C=O) groups is 1. The van der Waals surface area contributed by atoms with Gasteiger partial charge in [0, 0.05) is 17.6 Å². The van der Waals surface area contributed by atoms with Gasteiger partial charge in [0.1, 0.15) is 30.1 Å². The Balaban J connectivity index is 1.49. The standard InChI is InChI=1S/C27H35NO4/c1-17(2)23-15-26(18(3)12-25(23)29)31-16-24(19-8-6-5-7-9-19)27(30)32-22-13-20-10-11-21(14-22)28(20)4/h5-9,12,15,17,20-22,24,29H,10-11,13-14,16H2,1-4H3/t20-,21+,22?,24?. The molecule has 4 rings (SSSR count). The molecule has 2 aliphatic rings. The van der Waals surface area contributed by atoms with Crippen LogP contribution in [0.25, 0.3) is 0 Å². The van der Waals surface area contributed by atoms with E-state index in [1.807, 2.05) is 57.2 Å². The minimum Gasteiger partial charge on any atom is -0.508 e. The van der Waals surface area contributed by atoms with Crippen molar-refractivity contribution in [2.75, 3.05) is 13.7 Å². The fourth-order valence-corrected chi connectivity index (χ4v) is 5.17. The maximum atomic E-state index is 13.3. The fourth-order valence-electron chi connectivity index (χ4n) is 5.17. The Bertz CT molecular complexity index is 928. The molecule has 2 fully saturated rings. The molecule has 0 radical (unpaired) electrons. The van der Waals surface area contributed by atoms with Gasteiger partial charge in [0.2, 0.25) is 0 Å². The van der Waals surface area contributed by atoms with E-state index >= 15 is 0 Å². The number of fused-ring (bicyclic) bond motifs is 2. The maximum Gasteiger partial charge on any atom is 0.317 e. The van der Waals surface area contributed by atoms with Crippen molar-refractivity contribution in [3.8, 4) is 11.5 Å². The molecule has 0 aliphatic carbocycles. The fraction of sp³-hybridized carbons (Fsp3) is 0.519. The monoisotopic (exact) mass is 437 g/mol. The number of phenolic OH excluding ortho intramolecular Hbond substituents is 1. The largest absolute Gasteiger partial charge is 0.508 e. The molecule has 2 aliphatic heterocycles. The molecule has 0 spiro atoms. The van der Waals surface area contributed by atoms with Crippen molar-refractivity contribution < 1.29 is 19.4 Å². The van der Waals surface area contributed by atoms with Gasteiger partial charge in [0.05, 0.1) is 0 Å². The highest BCUT2D eigenvalue weighted by atomic mass is 16.5. The topological polar surface area (TPSA) is 59.0 Å². The van der Waals surface area contributed by atoms with Crippen molar-refractivity contribution in [1.29, 1.82) is 0 Å². The van der Waals surface area contributed by atoms with Crippen LogP contribution >= 0.6 is 0 Å². The van der Waals surface area contributed by atoms with Crippen LogP contribution < -0.4 is 4.74 Å². The number of ether oxygens (including phenoxy) is 2. The molecule has 0 saturated carbocycles. The third-order valence-corrected chi connectivity index (χ3v) is 7.18. The Hall–Kier alpha value is -2.53. The Labute approximate surface area is 191 Å². The number of hydrogen-bond donors (Lipinski definition) is 1. The van der Waals surface area contributed by atoms with Crippen molar-refractivity contribution >= 4 is 5.97 Å². The van der Waals surface area contributed by atoms with Crippen molar-refractivity contribution in [2.24, 2.45) is 0 Å². The molecule has 2 unspecified atom stereocenters. The lowest BCUT2D eigenvalue weighted by molar-refractivity contribution is -0.155. The lowest BCUT2D eigenvalue weighted by Crippen LogP contribution is -2.44. The van der Waals surface area contributed by atoms with Crippen molar-refractivity contribution in [2.45, 2.75) is 76.5 Å². The summed E-state index contributed by atoms with van der Waals surface area (Å²) in [6, 6.07) is 14.4. The Morgan fingerprint density at radius 1 is 1.12 bits per heavy atom. The summed E-state index contributed by atoms with van der Waals surface area (Å²) in [7, 11) is 2.19. The van der Waals surface area contributed by atoms with Gasteiger partial charge < -0.3 is 19.5 Å². The van der Waals surface area contributed by atoms with Gasteiger partial charge in [-0.15, -0.1) is 0 Å². The van der Waals surface area contributed by atoms with E-state index in [9.17, 15) is 9.90 Å². The highest BCUT2D eigenvalue weighted by Crippen LogP contribution is 2.37. The molecule has 1 N–H and O–H groups in total. The number of piperidine rings is 1. The van der Waals surface area contributed by atoms with Gasteiger partial charge >= 0.3 is 5.97 Å². The summed E-state index contributed by atoms with van der Waals surface area (Å²) in [6.07, 6.45) is 4.19. The summed E-state index contributed by atoms with van der Waals surface area (Å²) in [6.45, 7) is 6.18. The minimum absolute atomic E-state index is 0.0228. The molecule has 5 heteroatoms. The molecule has 2 bridgehead atoms. The van der Waals surface area contributed by atoms with Gasteiger partial charge in [-0.25, -0.2) is 0 Å². The van der Waals surface area contributed by atoms with Gasteiger partial charge in [-0.3, -0.25) is 4.79 Å². The molecule has 2 aromatic rings. The second-order valence-electron chi connectivity index (χ2n) is 9.69. The molecular formula is C27H35NO4. The summed E-state index contributed by atoms with van der Waals surface area (Å²) in [5.74, 6) is 0.431. The quantitative estimate of drug-likeness (QED) is 0.607. The molecule has 0 aromatic heterocycles. The van der Waals surface area contributed by atoms with Gasteiger partial charge in [0.25, 0.3) is 0 Å². The molecule has 5 nitrogen and oxygen atoms in total. The van der Waals surface area contributed by atoms with Crippen LogP contribution in [0.4, 0.5) is 0 Å². The Morgan fingerprint density at radius 3 is 2.41 bits per heavy atom. The number of hydrogen-bond acceptors (Lipinski definition) is 5. The number of aromatic hydroxyl groups is 1. The van der Waals surface area contributed by atoms with Crippen LogP contribution in [-0.2, 0) is 9.53 Å². The molecular weight excluding hydrogens is 402 g/mol. The number of rotatable bonds is 7. The molecule has 32 heavy (non-hydrogen) atoms. The van der Waals surface area contributed by atoms with Crippen LogP contribution in [0, 0.1) is 6.92 Å². The zero-order chi connectivity index (χ0) is 22.8. The average Bonchev–Trinajstić information content (AvgIpc) is 2.96. The summed E-state index contributed by atoms with van der Waals surface area (Å²) in [5, 5.41) is 10.2. The summed E-state index contributed by atoms with van der Waals surface area (Å²) >= 11 is 0. The van der Waals surface area contributed by atoms with E-state index in [1.54, 1.807) is 6.07 Å². The molecule has 4 atom stereocenters. The summed E-state index contributed by atoms with van der Waals surface area (Å²) in [4.78, 5) is 15.8.